The molecule has 0 spiro atoms. The molecule has 96 valence electrons. The molecule has 1 heterocycles. The Bertz CT molecular complexity index is 454. The van der Waals surface area contributed by atoms with Gasteiger partial charge in [-0.25, -0.2) is 0 Å². The Morgan fingerprint density at radius 2 is 2.00 bits per heavy atom. The van der Waals surface area contributed by atoms with E-state index in [9.17, 15) is 0 Å². The van der Waals surface area contributed by atoms with Crippen LogP contribution in [0.1, 0.15) is 32.3 Å². The van der Waals surface area contributed by atoms with Crippen molar-refractivity contribution < 1.29 is 0 Å². The molecule has 2 rings (SSSR count). The Labute approximate surface area is 118 Å². The third-order valence-electron chi connectivity index (χ3n) is 3.90. The van der Waals surface area contributed by atoms with E-state index in [1.54, 1.807) is 0 Å². The van der Waals surface area contributed by atoms with Gasteiger partial charge < -0.3 is 4.90 Å². The molecule has 1 aromatic carbocycles. The van der Waals surface area contributed by atoms with Crippen molar-refractivity contribution in [3.8, 4) is 6.07 Å². The molecular formula is C15H19BrN2. The number of anilines is 1. The minimum absolute atomic E-state index is 0.711. The third kappa shape index (κ3) is 2.87. The predicted octanol–water partition coefficient (Wildman–Crippen LogP) is 4.19. The predicted molar refractivity (Wildman–Crippen MR) is 78.6 cm³/mol. The van der Waals surface area contributed by atoms with Gasteiger partial charge in [0.05, 0.1) is 17.3 Å². The molecule has 0 aromatic heterocycles. The largest absolute Gasteiger partial charge is 0.371 e. The molecule has 3 heteroatoms. The first-order valence-electron chi connectivity index (χ1n) is 6.56. The van der Waals surface area contributed by atoms with Gasteiger partial charge in [-0.05, 0) is 58.8 Å². The number of halogens is 1. The molecule has 18 heavy (non-hydrogen) atoms. The summed E-state index contributed by atoms with van der Waals surface area (Å²) in [6.07, 6.45) is 2.54. The zero-order valence-corrected chi connectivity index (χ0v) is 12.6. The van der Waals surface area contributed by atoms with Crippen molar-refractivity contribution in [2.45, 2.75) is 26.7 Å². The number of piperidine rings is 1. The molecule has 1 aliphatic heterocycles. The molecule has 0 unspecified atom stereocenters. The maximum Gasteiger partial charge on any atom is 0.0992 e. The van der Waals surface area contributed by atoms with Crippen molar-refractivity contribution in [2.75, 3.05) is 18.0 Å². The number of benzene rings is 1. The van der Waals surface area contributed by atoms with Crippen LogP contribution in [0.4, 0.5) is 5.69 Å². The lowest BCUT2D eigenvalue weighted by Crippen LogP contribution is -2.35. The van der Waals surface area contributed by atoms with E-state index in [4.69, 9.17) is 5.26 Å². The Hall–Kier alpha value is -1.01. The standard InChI is InChI=1S/C15H19BrN2/c1-11(2)13-5-7-18(8-6-13)15-4-3-12(10-17)9-14(15)16/h3-4,9,11,13H,5-8H2,1-2H3. The summed E-state index contributed by atoms with van der Waals surface area (Å²) in [6.45, 7) is 6.87. The fraction of sp³-hybridized carbons (Fsp3) is 0.533. The van der Waals surface area contributed by atoms with Crippen LogP contribution in [0, 0.1) is 23.2 Å². The molecule has 1 aromatic rings. The Morgan fingerprint density at radius 1 is 1.33 bits per heavy atom. The molecule has 0 atom stereocenters. The van der Waals surface area contributed by atoms with Gasteiger partial charge in [-0.1, -0.05) is 13.8 Å². The Balaban J connectivity index is 2.08. The highest BCUT2D eigenvalue weighted by molar-refractivity contribution is 9.10. The van der Waals surface area contributed by atoms with Crippen molar-refractivity contribution in [3.05, 3.63) is 28.2 Å². The number of hydrogen-bond acceptors (Lipinski definition) is 2. The lowest BCUT2D eigenvalue weighted by molar-refractivity contribution is 0.311. The van der Waals surface area contributed by atoms with Crippen LogP contribution in [0.5, 0.6) is 0 Å². The topological polar surface area (TPSA) is 27.0 Å². The van der Waals surface area contributed by atoms with Crippen molar-refractivity contribution in [2.24, 2.45) is 11.8 Å². The Kier molecular flexibility index (Phi) is 4.29. The van der Waals surface area contributed by atoms with Crippen LogP contribution in [0.2, 0.25) is 0 Å². The minimum atomic E-state index is 0.711. The van der Waals surface area contributed by atoms with Crippen molar-refractivity contribution in [3.63, 3.8) is 0 Å². The fourth-order valence-corrected chi connectivity index (χ4v) is 3.27. The molecule has 0 radical (unpaired) electrons. The van der Waals surface area contributed by atoms with E-state index in [2.05, 4.69) is 46.8 Å². The maximum atomic E-state index is 8.87. The molecule has 0 saturated carbocycles. The second-order valence-electron chi connectivity index (χ2n) is 5.35. The van der Waals surface area contributed by atoms with Gasteiger partial charge in [0.1, 0.15) is 0 Å². The summed E-state index contributed by atoms with van der Waals surface area (Å²) in [5, 5.41) is 8.87. The normalized spacial score (nSPS) is 16.9. The van der Waals surface area contributed by atoms with E-state index in [-0.39, 0.29) is 0 Å². The number of hydrogen-bond donors (Lipinski definition) is 0. The molecule has 1 fully saturated rings. The second kappa shape index (κ2) is 5.75. The van der Waals surface area contributed by atoms with Gasteiger partial charge in [-0.15, -0.1) is 0 Å². The van der Waals surface area contributed by atoms with E-state index < -0.39 is 0 Å². The third-order valence-corrected chi connectivity index (χ3v) is 4.54. The smallest absolute Gasteiger partial charge is 0.0992 e. The molecule has 0 aliphatic carbocycles. The van der Waals surface area contributed by atoms with Crippen molar-refractivity contribution in [1.29, 1.82) is 5.26 Å². The number of nitriles is 1. The van der Waals surface area contributed by atoms with Crippen LogP contribution < -0.4 is 4.90 Å². The average molecular weight is 307 g/mol. The van der Waals surface area contributed by atoms with Crippen molar-refractivity contribution in [1.82, 2.24) is 0 Å². The second-order valence-corrected chi connectivity index (χ2v) is 6.20. The first-order chi connectivity index (χ1) is 8.61. The van der Waals surface area contributed by atoms with Gasteiger partial charge in [0.15, 0.2) is 0 Å². The van der Waals surface area contributed by atoms with Crippen LogP contribution in [-0.4, -0.2) is 13.1 Å². The monoisotopic (exact) mass is 306 g/mol. The highest BCUT2D eigenvalue weighted by atomic mass is 79.9. The van der Waals surface area contributed by atoms with Gasteiger partial charge in [-0.2, -0.15) is 5.26 Å². The maximum absolute atomic E-state index is 8.87. The van der Waals surface area contributed by atoms with E-state index >= 15 is 0 Å². The lowest BCUT2D eigenvalue weighted by Gasteiger charge is -2.35. The number of rotatable bonds is 2. The van der Waals surface area contributed by atoms with Crippen LogP contribution in [-0.2, 0) is 0 Å². The summed E-state index contributed by atoms with van der Waals surface area (Å²) >= 11 is 3.57. The molecule has 0 amide bonds. The van der Waals surface area contributed by atoms with E-state index in [1.807, 2.05) is 12.1 Å². The summed E-state index contributed by atoms with van der Waals surface area (Å²) in [7, 11) is 0. The SMILES string of the molecule is CC(C)C1CCN(c2ccc(C#N)cc2Br)CC1. The highest BCUT2D eigenvalue weighted by Gasteiger charge is 2.22. The molecule has 1 aliphatic rings. The molecule has 0 bridgehead atoms. The van der Waals surface area contributed by atoms with Crippen LogP contribution in [0.15, 0.2) is 22.7 Å². The molecule has 2 nitrogen and oxygen atoms in total. The first kappa shape index (κ1) is 13.4. The van der Waals surface area contributed by atoms with Crippen LogP contribution in [0.3, 0.4) is 0 Å². The average Bonchev–Trinajstić information content (AvgIpc) is 2.38. The highest BCUT2D eigenvalue weighted by Crippen LogP contribution is 2.32. The summed E-state index contributed by atoms with van der Waals surface area (Å²) < 4.78 is 1.03. The summed E-state index contributed by atoms with van der Waals surface area (Å²) in [5.41, 5.74) is 1.93. The van der Waals surface area contributed by atoms with E-state index in [0.717, 1.165) is 29.4 Å². The van der Waals surface area contributed by atoms with Gasteiger partial charge in [0.2, 0.25) is 0 Å². The molecular weight excluding hydrogens is 288 g/mol. The van der Waals surface area contributed by atoms with Gasteiger partial charge in [0, 0.05) is 17.6 Å². The van der Waals surface area contributed by atoms with E-state index in [0.29, 0.717) is 5.56 Å². The first-order valence-corrected chi connectivity index (χ1v) is 7.35. The lowest BCUT2D eigenvalue weighted by atomic mass is 9.86. The van der Waals surface area contributed by atoms with E-state index in [1.165, 1.54) is 18.5 Å². The quantitative estimate of drug-likeness (QED) is 0.819. The fourth-order valence-electron chi connectivity index (χ4n) is 2.64. The molecule has 0 N–H and O–H groups in total. The van der Waals surface area contributed by atoms with Crippen LogP contribution >= 0.6 is 15.9 Å². The zero-order chi connectivity index (χ0) is 13.1. The summed E-state index contributed by atoms with van der Waals surface area (Å²) in [6, 6.07) is 8.03. The van der Waals surface area contributed by atoms with Gasteiger partial charge >= 0.3 is 0 Å². The zero-order valence-electron chi connectivity index (χ0n) is 11.0. The molecule has 1 saturated heterocycles. The summed E-state index contributed by atoms with van der Waals surface area (Å²) in [4.78, 5) is 2.42. The summed E-state index contributed by atoms with van der Waals surface area (Å²) in [5.74, 6) is 1.65. The van der Waals surface area contributed by atoms with Gasteiger partial charge in [0.25, 0.3) is 0 Å². The minimum Gasteiger partial charge on any atom is -0.371 e. The number of nitrogens with zero attached hydrogens (tertiary/aromatic N) is 2. The van der Waals surface area contributed by atoms with Crippen LogP contribution in [0.25, 0.3) is 0 Å². The van der Waals surface area contributed by atoms with Crippen molar-refractivity contribution >= 4 is 21.6 Å². The Morgan fingerprint density at radius 3 is 2.50 bits per heavy atom. The van der Waals surface area contributed by atoms with Gasteiger partial charge in [-0.3, -0.25) is 0 Å².